The number of carbonyl (C=O) groups is 1. The lowest BCUT2D eigenvalue weighted by Gasteiger charge is -2.12. The Kier molecular flexibility index (Phi) is 5.52. The quantitative estimate of drug-likeness (QED) is 0.513. The number of rotatable bonds is 6. The van der Waals surface area contributed by atoms with Crippen LogP contribution in [0, 0.1) is 5.82 Å². The normalized spacial score (nSPS) is 10.6. The summed E-state index contributed by atoms with van der Waals surface area (Å²) in [5.41, 5.74) is 1.86. The summed E-state index contributed by atoms with van der Waals surface area (Å²) in [4.78, 5) is 20.7. The standard InChI is InChI=1S/C23H18FN3O3/c1-29-17-3-4-18-20(13-17)26-11-8-21(18)30-22-12-16(2-5-19(22)24)23(28)27-14-15-6-9-25-10-7-15/h2-13H,14H2,1H3,(H,27,28). The molecule has 2 heterocycles. The molecular formula is C23H18FN3O3. The van der Waals surface area contributed by atoms with Crippen LogP contribution in [0.4, 0.5) is 4.39 Å². The third-order valence-corrected chi connectivity index (χ3v) is 4.53. The van der Waals surface area contributed by atoms with Crippen LogP contribution in [0.25, 0.3) is 10.9 Å². The Morgan fingerprint density at radius 2 is 1.83 bits per heavy atom. The average Bonchev–Trinajstić information content (AvgIpc) is 2.79. The van der Waals surface area contributed by atoms with Gasteiger partial charge in [0.1, 0.15) is 11.5 Å². The molecule has 2 aromatic carbocycles. The maximum absolute atomic E-state index is 14.4. The molecule has 150 valence electrons. The van der Waals surface area contributed by atoms with E-state index in [4.69, 9.17) is 9.47 Å². The lowest BCUT2D eigenvalue weighted by molar-refractivity contribution is 0.0950. The van der Waals surface area contributed by atoms with Gasteiger partial charge in [-0.1, -0.05) is 0 Å². The predicted molar refractivity (Wildman–Crippen MR) is 110 cm³/mol. The fourth-order valence-corrected chi connectivity index (χ4v) is 2.94. The van der Waals surface area contributed by atoms with Gasteiger partial charge in [-0.3, -0.25) is 14.8 Å². The molecule has 1 amide bonds. The van der Waals surface area contributed by atoms with Crippen molar-refractivity contribution in [3.63, 3.8) is 0 Å². The van der Waals surface area contributed by atoms with Crippen LogP contribution in [0.1, 0.15) is 15.9 Å². The van der Waals surface area contributed by atoms with Gasteiger partial charge in [-0.05, 0) is 54.1 Å². The second-order valence-electron chi connectivity index (χ2n) is 6.48. The number of nitrogens with one attached hydrogen (secondary N) is 1. The number of hydrogen-bond acceptors (Lipinski definition) is 5. The molecule has 6 nitrogen and oxygen atoms in total. The molecule has 0 atom stereocenters. The molecule has 2 aromatic heterocycles. The van der Waals surface area contributed by atoms with Gasteiger partial charge in [0, 0.05) is 42.2 Å². The first kappa shape index (κ1) is 19.3. The van der Waals surface area contributed by atoms with Crippen LogP contribution < -0.4 is 14.8 Å². The van der Waals surface area contributed by atoms with Crippen molar-refractivity contribution in [2.24, 2.45) is 0 Å². The van der Waals surface area contributed by atoms with Gasteiger partial charge in [-0.25, -0.2) is 4.39 Å². The van der Waals surface area contributed by atoms with Crippen LogP contribution >= 0.6 is 0 Å². The van der Waals surface area contributed by atoms with E-state index in [1.165, 1.54) is 18.2 Å². The number of fused-ring (bicyclic) bond motifs is 1. The first-order valence-electron chi connectivity index (χ1n) is 9.21. The van der Waals surface area contributed by atoms with Gasteiger partial charge in [0.15, 0.2) is 11.6 Å². The van der Waals surface area contributed by atoms with Crippen LogP contribution in [0.2, 0.25) is 0 Å². The van der Waals surface area contributed by atoms with E-state index in [0.717, 1.165) is 5.56 Å². The fraction of sp³-hybridized carbons (Fsp3) is 0.0870. The number of amides is 1. The average molecular weight is 403 g/mol. The number of ether oxygens (including phenoxy) is 2. The van der Waals surface area contributed by atoms with Crippen LogP contribution in [0.3, 0.4) is 0 Å². The Hall–Kier alpha value is -4.00. The first-order valence-corrected chi connectivity index (χ1v) is 9.21. The van der Waals surface area contributed by atoms with E-state index < -0.39 is 5.82 Å². The molecule has 30 heavy (non-hydrogen) atoms. The number of halogens is 1. The number of hydrogen-bond donors (Lipinski definition) is 1. The molecule has 1 N–H and O–H groups in total. The molecule has 7 heteroatoms. The topological polar surface area (TPSA) is 73.3 Å². The summed E-state index contributed by atoms with van der Waals surface area (Å²) in [5.74, 6) is 0.136. The first-order chi connectivity index (χ1) is 14.6. The Balaban J connectivity index is 1.56. The fourth-order valence-electron chi connectivity index (χ4n) is 2.94. The van der Waals surface area contributed by atoms with E-state index in [-0.39, 0.29) is 11.7 Å². The van der Waals surface area contributed by atoms with Crippen molar-refractivity contribution in [3.8, 4) is 17.2 Å². The van der Waals surface area contributed by atoms with Crippen molar-refractivity contribution in [1.82, 2.24) is 15.3 Å². The minimum Gasteiger partial charge on any atom is -0.497 e. The van der Waals surface area contributed by atoms with E-state index in [0.29, 0.717) is 34.5 Å². The smallest absolute Gasteiger partial charge is 0.251 e. The van der Waals surface area contributed by atoms with Gasteiger partial charge in [0.2, 0.25) is 0 Å². The Morgan fingerprint density at radius 1 is 1.00 bits per heavy atom. The molecular weight excluding hydrogens is 385 g/mol. The van der Waals surface area contributed by atoms with Crippen LogP contribution in [-0.4, -0.2) is 23.0 Å². The number of carbonyl (C=O) groups excluding carboxylic acids is 1. The molecule has 0 bridgehead atoms. The van der Waals surface area contributed by atoms with E-state index in [1.54, 1.807) is 50.0 Å². The summed E-state index contributed by atoms with van der Waals surface area (Å²) < 4.78 is 25.4. The van der Waals surface area contributed by atoms with Gasteiger partial charge in [0.05, 0.1) is 12.6 Å². The summed E-state index contributed by atoms with van der Waals surface area (Å²) in [6.07, 6.45) is 4.88. The monoisotopic (exact) mass is 403 g/mol. The Labute approximate surface area is 172 Å². The van der Waals surface area contributed by atoms with E-state index in [2.05, 4.69) is 15.3 Å². The molecule has 0 saturated carbocycles. The molecule has 4 rings (SSSR count). The van der Waals surface area contributed by atoms with Gasteiger partial charge in [-0.2, -0.15) is 0 Å². The molecule has 4 aromatic rings. The highest BCUT2D eigenvalue weighted by Crippen LogP contribution is 2.32. The van der Waals surface area contributed by atoms with Crippen molar-refractivity contribution in [1.29, 1.82) is 0 Å². The summed E-state index contributed by atoms with van der Waals surface area (Å²) in [7, 11) is 1.57. The highest BCUT2D eigenvalue weighted by molar-refractivity contribution is 5.94. The predicted octanol–water partition coefficient (Wildman–Crippen LogP) is 4.50. The second-order valence-corrected chi connectivity index (χ2v) is 6.48. The highest BCUT2D eigenvalue weighted by atomic mass is 19.1. The molecule has 0 spiro atoms. The lowest BCUT2D eigenvalue weighted by Crippen LogP contribution is -2.22. The van der Waals surface area contributed by atoms with Crippen molar-refractivity contribution < 1.29 is 18.7 Å². The molecule has 0 aliphatic heterocycles. The molecule has 0 unspecified atom stereocenters. The Morgan fingerprint density at radius 3 is 2.63 bits per heavy atom. The SMILES string of the molecule is COc1ccc2c(Oc3cc(C(=O)NCc4ccncc4)ccc3F)ccnc2c1. The van der Waals surface area contributed by atoms with Gasteiger partial charge < -0.3 is 14.8 Å². The highest BCUT2D eigenvalue weighted by Gasteiger charge is 2.13. The maximum atomic E-state index is 14.4. The summed E-state index contributed by atoms with van der Waals surface area (Å²) in [6, 6.07) is 14.6. The summed E-state index contributed by atoms with van der Waals surface area (Å²) >= 11 is 0. The van der Waals surface area contributed by atoms with Gasteiger partial charge in [0.25, 0.3) is 5.91 Å². The zero-order valence-corrected chi connectivity index (χ0v) is 16.1. The third-order valence-electron chi connectivity index (χ3n) is 4.53. The number of nitrogens with zero attached hydrogens (tertiary/aromatic N) is 2. The maximum Gasteiger partial charge on any atom is 0.251 e. The minimum absolute atomic E-state index is 0.0464. The third kappa shape index (κ3) is 4.20. The van der Waals surface area contributed by atoms with Crippen molar-refractivity contribution in [2.45, 2.75) is 6.54 Å². The zero-order valence-electron chi connectivity index (χ0n) is 16.1. The second kappa shape index (κ2) is 8.57. The summed E-state index contributed by atoms with van der Waals surface area (Å²) in [5, 5.41) is 3.50. The number of methoxy groups -OCH3 is 1. The number of pyridine rings is 2. The molecule has 0 saturated heterocycles. The van der Waals surface area contributed by atoms with Crippen LogP contribution in [0.5, 0.6) is 17.2 Å². The van der Waals surface area contributed by atoms with Crippen molar-refractivity contribution >= 4 is 16.8 Å². The molecule has 0 aliphatic carbocycles. The molecule has 0 aliphatic rings. The number of aromatic nitrogens is 2. The van der Waals surface area contributed by atoms with Crippen molar-refractivity contribution in [2.75, 3.05) is 7.11 Å². The Bertz CT molecular complexity index is 1200. The molecule has 0 radical (unpaired) electrons. The van der Waals surface area contributed by atoms with Gasteiger partial charge >= 0.3 is 0 Å². The van der Waals surface area contributed by atoms with Crippen LogP contribution in [-0.2, 0) is 6.54 Å². The van der Waals surface area contributed by atoms with E-state index in [9.17, 15) is 9.18 Å². The van der Waals surface area contributed by atoms with E-state index >= 15 is 0 Å². The zero-order chi connectivity index (χ0) is 20.9. The van der Waals surface area contributed by atoms with Gasteiger partial charge in [-0.15, -0.1) is 0 Å². The summed E-state index contributed by atoms with van der Waals surface area (Å²) in [6.45, 7) is 0.339. The van der Waals surface area contributed by atoms with E-state index in [1.807, 2.05) is 12.1 Å². The minimum atomic E-state index is -0.570. The number of benzene rings is 2. The largest absolute Gasteiger partial charge is 0.497 e. The van der Waals surface area contributed by atoms with Crippen LogP contribution in [0.15, 0.2) is 73.2 Å². The lowest BCUT2D eigenvalue weighted by atomic mass is 10.1. The molecule has 0 fully saturated rings. The van der Waals surface area contributed by atoms with Crippen molar-refractivity contribution in [3.05, 3.63) is 90.1 Å².